The first kappa shape index (κ1) is 10.8. The van der Waals surface area contributed by atoms with Crippen molar-refractivity contribution in [2.75, 3.05) is 7.11 Å². The molecule has 0 radical (unpaired) electrons. The topological polar surface area (TPSA) is 92.3 Å². The summed E-state index contributed by atoms with van der Waals surface area (Å²) in [6, 6.07) is 0. The molecule has 2 N–H and O–H groups in total. The number of hydrogen-bond acceptors (Lipinski definition) is 4. The lowest BCUT2D eigenvalue weighted by atomic mass is 10.2. The van der Waals surface area contributed by atoms with Crippen LogP contribution in [0.5, 0.6) is 0 Å². The highest BCUT2D eigenvalue weighted by atomic mass is 16.5. The van der Waals surface area contributed by atoms with E-state index in [1.165, 1.54) is 13.3 Å². The molecule has 0 spiro atoms. The Kier molecular flexibility index (Phi) is 3.46. The summed E-state index contributed by atoms with van der Waals surface area (Å²) < 4.78 is 4.37. The predicted octanol–water partition coefficient (Wildman–Crippen LogP) is 0.0225. The predicted molar refractivity (Wildman–Crippen MR) is 49.1 cm³/mol. The van der Waals surface area contributed by atoms with Gasteiger partial charge in [0.25, 0.3) is 0 Å². The molecule has 0 atom stereocenters. The van der Waals surface area contributed by atoms with E-state index in [9.17, 15) is 9.59 Å². The Bertz CT molecular complexity index is 438. The SMILES string of the molecule is COC(=O)CC#Cc1cn[nH]c1C(=O)O. The monoisotopic (exact) mass is 208 g/mol. The molecule has 1 aromatic heterocycles. The number of aromatic carboxylic acids is 1. The lowest BCUT2D eigenvalue weighted by Crippen LogP contribution is -1.99. The molecular formula is C9H8N2O4. The van der Waals surface area contributed by atoms with Gasteiger partial charge < -0.3 is 9.84 Å². The van der Waals surface area contributed by atoms with E-state index in [0.717, 1.165) is 0 Å². The third-order valence-electron chi connectivity index (χ3n) is 1.54. The molecule has 78 valence electrons. The molecule has 0 aromatic carbocycles. The van der Waals surface area contributed by atoms with Gasteiger partial charge in [-0.25, -0.2) is 4.79 Å². The number of carboxylic acid groups (broad SMARTS) is 1. The van der Waals surface area contributed by atoms with E-state index in [0.29, 0.717) is 0 Å². The fraction of sp³-hybridized carbons (Fsp3) is 0.222. The fourth-order valence-corrected chi connectivity index (χ4v) is 0.828. The number of carbonyl (C=O) groups is 2. The second-order valence-corrected chi connectivity index (χ2v) is 2.52. The van der Waals surface area contributed by atoms with E-state index in [1.54, 1.807) is 0 Å². The number of ether oxygens (including phenoxy) is 1. The highest BCUT2D eigenvalue weighted by molar-refractivity contribution is 5.88. The molecule has 0 fully saturated rings. The lowest BCUT2D eigenvalue weighted by Gasteiger charge is -1.89. The van der Waals surface area contributed by atoms with Crippen LogP contribution in [0.1, 0.15) is 22.5 Å². The number of methoxy groups -OCH3 is 1. The molecule has 0 bridgehead atoms. The number of rotatable bonds is 2. The summed E-state index contributed by atoms with van der Waals surface area (Å²) in [6.45, 7) is 0. The third-order valence-corrected chi connectivity index (χ3v) is 1.54. The molecule has 6 heteroatoms. The average Bonchev–Trinajstić information content (AvgIpc) is 2.65. The molecule has 0 saturated heterocycles. The molecule has 0 saturated carbocycles. The van der Waals surface area contributed by atoms with E-state index in [4.69, 9.17) is 5.11 Å². The molecular weight excluding hydrogens is 200 g/mol. The molecule has 1 heterocycles. The maximum absolute atomic E-state index is 10.7. The van der Waals surface area contributed by atoms with Crippen LogP contribution in [0.2, 0.25) is 0 Å². The highest BCUT2D eigenvalue weighted by Gasteiger charge is 2.09. The van der Waals surface area contributed by atoms with Crippen LogP contribution in [0, 0.1) is 11.8 Å². The van der Waals surface area contributed by atoms with Crippen molar-refractivity contribution in [3.63, 3.8) is 0 Å². The summed E-state index contributed by atoms with van der Waals surface area (Å²) in [5, 5.41) is 14.5. The molecule has 0 aliphatic carbocycles. The first-order valence-corrected chi connectivity index (χ1v) is 3.97. The van der Waals surface area contributed by atoms with Crippen molar-refractivity contribution in [3.8, 4) is 11.8 Å². The first-order valence-electron chi connectivity index (χ1n) is 3.97. The van der Waals surface area contributed by atoms with Crippen molar-refractivity contribution in [2.24, 2.45) is 0 Å². The Morgan fingerprint density at radius 1 is 1.67 bits per heavy atom. The minimum absolute atomic E-state index is 0.0826. The van der Waals surface area contributed by atoms with Crippen LogP contribution >= 0.6 is 0 Å². The Morgan fingerprint density at radius 2 is 2.40 bits per heavy atom. The van der Waals surface area contributed by atoms with Crippen LogP contribution in [0.25, 0.3) is 0 Å². The molecule has 1 rings (SSSR count). The molecule has 0 unspecified atom stereocenters. The highest BCUT2D eigenvalue weighted by Crippen LogP contribution is 2.01. The molecule has 1 aromatic rings. The number of nitrogens with zero attached hydrogens (tertiary/aromatic N) is 1. The van der Waals surface area contributed by atoms with Crippen molar-refractivity contribution in [1.82, 2.24) is 10.2 Å². The van der Waals surface area contributed by atoms with Gasteiger partial charge in [-0.2, -0.15) is 5.10 Å². The normalized spacial score (nSPS) is 8.87. The van der Waals surface area contributed by atoms with Crippen LogP contribution < -0.4 is 0 Å². The number of hydrogen-bond donors (Lipinski definition) is 2. The summed E-state index contributed by atoms with van der Waals surface area (Å²) in [5.74, 6) is 3.39. The number of aromatic amines is 1. The largest absolute Gasteiger partial charge is 0.476 e. The fourth-order valence-electron chi connectivity index (χ4n) is 0.828. The number of esters is 1. The van der Waals surface area contributed by atoms with E-state index >= 15 is 0 Å². The zero-order valence-electron chi connectivity index (χ0n) is 7.90. The standard InChI is InChI=1S/C9H8N2O4/c1-15-7(12)4-2-3-6-5-10-11-8(6)9(13)14/h5H,4H2,1H3,(H,10,11)(H,13,14). The minimum Gasteiger partial charge on any atom is -0.476 e. The summed E-state index contributed by atoms with van der Waals surface area (Å²) in [6.07, 6.45) is 1.20. The van der Waals surface area contributed by atoms with Crippen molar-refractivity contribution in [3.05, 3.63) is 17.5 Å². The van der Waals surface area contributed by atoms with Gasteiger partial charge in [0.05, 0.1) is 18.9 Å². The van der Waals surface area contributed by atoms with E-state index in [2.05, 4.69) is 26.8 Å². The van der Waals surface area contributed by atoms with E-state index in [-0.39, 0.29) is 17.7 Å². The van der Waals surface area contributed by atoms with E-state index in [1.807, 2.05) is 0 Å². The van der Waals surface area contributed by atoms with Crippen molar-refractivity contribution >= 4 is 11.9 Å². The van der Waals surface area contributed by atoms with Crippen molar-refractivity contribution in [2.45, 2.75) is 6.42 Å². The molecule has 0 aliphatic heterocycles. The second kappa shape index (κ2) is 4.81. The van der Waals surface area contributed by atoms with Gasteiger partial charge in [-0.05, 0) is 0 Å². The number of nitrogens with one attached hydrogen (secondary N) is 1. The summed E-state index contributed by atoms with van der Waals surface area (Å²) in [4.78, 5) is 21.3. The lowest BCUT2D eigenvalue weighted by molar-refractivity contribution is -0.139. The Hall–Kier alpha value is -2.29. The van der Waals surface area contributed by atoms with Gasteiger partial charge in [0.15, 0.2) is 5.69 Å². The quantitative estimate of drug-likeness (QED) is 0.528. The summed E-state index contributed by atoms with van der Waals surface area (Å²) in [7, 11) is 1.25. The van der Waals surface area contributed by atoms with Gasteiger partial charge in [0.2, 0.25) is 0 Å². The van der Waals surface area contributed by atoms with Crippen LogP contribution in [0.3, 0.4) is 0 Å². The Balaban J connectivity index is 2.76. The molecule has 6 nitrogen and oxygen atoms in total. The van der Waals surface area contributed by atoms with Gasteiger partial charge in [-0.3, -0.25) is 9.89 Å². The zero-order valence-corrected chi connectivity index (χ0v) is 7.90. The number of H-pyrrole nitrogens is 1. The maximum Gasteiger partial charge on any atom is 0.355 e. The van der Waals surface area contributed by atoms with Gasteiger partial charge in [0.1, 0.15) is 6.42 Å². The maximum atomic E-state index is 10.7. The smallest absolute Gasteiger partial charge is 0.355 e. The number of carbonyl (C=O) groups excluding carboxylic acids is 1. The molecule has 15 heavy (non-hydrogen) atoms. The van der Waals surface area contributed by atoms with Gasteiger partial charge >= 0.3 is 11.9 Å². The summed E-state index contributed by atoms with van der Waals surface area (Å²) in [5.41, 5.74) is 0.152. The van der Waals surface area contributed by atoms with Gasteiger partial charge in [-0.1, -0.05) is 11.8 Å². The Morgan fingerprint density at radius 3 is 3.00 bits per heavy atom. The van der Waals surface area contributed by atoms with Crippen LogP contribution in [0.15, 0.2) is 6.20 Å². The average molecular weight is 208 g/mol. The zero-order chi connectivity index (χ0) is 11.3. The van der Waals surface area contributed by atoms with Gasteiger partial charge in [-0.15, -0.1) is 0 Å². The van der Waals surface area contributed by atoms with Crippen LogP contribution in [-0.2, 0) is 9.53 Å². The second-order valence-electron chi connectivity index (χ2n) is 2.52. The van der Waals surface area contributed by atoms with Gasteiger partial charge in [0, 0.05) is 0 Å². The van der Waals surface area contributed by atoms with E-state index < -0.39 is 11.9 Å². The number of aromatic nitrogens is 2. The summed E-state index contributed by atoms with van der Waals surface area (Å²) >= 11 is 0. The minimum atomic E-state index is -1.14. The number of carboxylic acids is 1. The molecule has 0 amide bonds. The Labute approximate surface area is 85.2 Å². The van der Waals surface area contributed by atoms with Crippen molar-refractivity contribution in [1.29, 1.82) is 0 Å². The first-order chi connectivity index (χ1) is 7.15. The van der Waals surface area contributed by atoms with Crippen LogP contribution in [-0.4, -0.2) is 34.4 Å². The third kappa shape index (κ3) is 2.84. The molecule has 0 aliphatic rings. The van der Waals surface area contributed by atoms with Crippen molar-refractivity contribution < 1.29 is 19.4 Å². The van der Waals surface area contributed by atoms with Crippen LogP contribution in [0.4, 0.5) is 0 Å².